The SMILES string of the molecule is CCOC1CC(NC(C)C2CC3CCC2C3)C1(C)CC. The highest BCUT2D eigenvalue weighted by Crippen LogP contribution is 2.51. The highest BCUT2D eigenvalue weighted by atomic mass is 16.5. The van der Waals surface area contributed by atoms with E-state index in [1.165, 1.54) is 38.5 Å². The van der Waals surface area contributed by atoms with E-state index in [4.69, 9.17) is 4.74 Å². The summed E-state index contributed by atoms with van der Waals surface area (Å²) in [6, 6.07) is 1.36. The zero-order valence-corrected chi connectivity index (χ0v) is 13.8. The van der Waals surface area contributed by atoms with E-state index in [-0.39, 0.29) is 0 Å². The largest absolute Gasteiger partial charge is 0.378 e. The first kappa shape index (κ1) is 14.8. The van der Waals surface area contributed by atoms with E-state index < -0.39 is 0 Å². The number of fused-ring (bicyclic) bond motifs is 2. The molecule has 0 saturated heterocycles. The Morgan fingerprint density at radius 1 is 1.20 bits per heavy atom. The Kier molecular flexibility index (Phi) is 4.16. The normalized spacial score (nSPS) is 48.3. The highest BCUT2D eigenvalue weighted by molar-refractivity contribution is 5.06. The smallest absolute Gasteiger partial charge is 0.0658 e. The summed E-state index contributed by atoms with van der Waals surface area (Å²) >= 11 is 0. The lowest BCUT2D eigenvalue weighted by Gasteiger charge is -2.55. The van der Waals surface area contributed by atoms with E-state index in [0.717, 1.165) is 24.4 Å². The van der Waals surface area contributed by atoms with Gasteiger partial charge in [0.1, 0.15) is 0 Å². The van der Waals surface area contributed by atoms with Crippen LogP contribution in [0.25, 0.3) is 0 Å². The van der Waals surface area contributed by atoms with Crippen LogP contribution >= 0.6 is 0 Å². The fourth-order valence-corrected chi connectivity index (χ4v) is 5.36. The van der Waals surface area contributed by atoms with Crippen LogP contribution in [0.5, 0.6) is 0 Å². The van der Waals surface area contributed by atoms with Crippen molar-refractivity contribution in [2.24, 2.45) is 23.2 Å². The van der Waals surface area contributed by atoms with Crippen molar-refractivity contribution < 1.29 is 4.74 Å². The van der Waals surface area contributed by atoms with Crippen LogP contribution in [0.1, 0.15) is 66.2 Å². The van der Waals surface area contributed by atoms with Gasteiger partial charge >= 0.3 is 0 Å². The van der Waals surface area contributed by atoms with Gasteiger partial charge in [0.15, 0.2) is 0 Å². The van der Waals surface area contributed by atoms with Crippen LogP contribution in [-0.4, -0.2) is 24.8 Å². The van der Waals surface area contributed by atoms with E-state index in [9.17, 15) is 0 Å². The van der Waals surface area contributed by atoms with Crippen molar-refractivity contribution in [2.45, 2.75) is 84.4 Å². The van der Waals surface area contributed by atoms with Crippen LogP contribution in [0.15, 0.2) is 0 Å². The number of hydrogen-bond donors (Lipinski definition) is 1. The first-order valence-electron chi connectivity index (χ1n) is 8.96. The molecule has 0 aliphatic heterocycles. The molecule has 2 bridgehead atoms. The van der Waals surface area contributed by atoms with Crippen LogP contribution in [0.3, 0.4) is 0 Å². The molecule has 7 unspecified atom stereocenters. The summed E-state index contributed by atoms with van der Waals surface area (Å²) in [5.41, 5.74) is 0.349. The zero-order chi connectivity index (χ0) is 14.3. The van der Waals surface area contributed by atoms with Gasteiger partial charge in [-0.05, 0) is 63.7 Å². The zero-order valence-electron chi connectivity index (χ0n) is 13.8. The molecule has 0 aromatic rings. The molecule has 2 heteroatoms. The van der Waals surface area contributed by atoms with Gasteiger partial charge in [0, 0.05) is 24.1 Å². The van der Waals surface area contributed by atoms with Crippen molar-refractivity contribution in [2.75, 3.05) is 6.61 Å². The molecule has 3 saturated carbocycles. The molecule has 3 aliphatic rings. The summed E-state index contributed by atoms with van der Waals surface area (Å²) in [7, 11) is 0. The number of ether oxygens (including phenoxy) is 1. The van der Waals surface area contributed by atoms with Crippen LogP contribution in [0.4, 0.5) is 0 Å². The Morgan fingerprint density at radius 3 is 2.55 bits per heavy atom. The Labute approximate surface area is 125 Å². The standard InChI is InChI=1S/C18H33NO/c1-5-18(4)16(11-17(18)20-6-2)19-12(3)15-10-13-7-8-14(15)9-13/h12-17,19H,5-11H2,1-4H3. The van der Waals surface area contributed by atoms with Gasteiger partial charge in [-0.3, -0.25) is 0 Å². The van der Waals surface area contributed by atoms with Crippen LogP contribution in [0.2, 0.25) is 0 Å². The average Bonchev–Trinajstić information content (AvgIpc) is 3.07. The lowest BCUT2D eigenvalue weighted by molar-refractivity contribution is -0.129. The molecular weight excluding hydrogens is 246 g/mol. The molecule has 3 aliphatic carbocycles. The summed E-state index contributed by atoms with van der Waals surface area (Å²) in [6.45, 7) is 10.2. The minimum Gasteiger partial charge on any atom is -0.378 e. The third kappa shape index (κ3) is 2.33. The topological polar surface area (TPSA) is 21.3 Å². The van der Waals surface area contributed by atoms with E-state index in [0.29, 0.717) is 23.6 Å². The van der Waals surface area contributed by atoms with Gasteiger partial charge < -0.3 is 10.1 Å². The van der Waals surface area contributed by atoms with Crippen LogP contribution in [-0.2, 0) is 4.74 Å². The maximum atomic E-state index is 5.93. The van der Waals surface area contributed by atoms with Gasteiger partial charge in [0.05, 0.1) is 6.10 Å². The molecule has 1 N–H and O–H groups in total. The van der Waals surface area contributed by atoms with Gasteiger partial charge in [-0.1, -0.05) is 20.3 Å². The monoisotopic (exact) mass is 279 g/mol. The predicted octanol–water partition coefficient (Wildman–Crippen LogP) is 3.99. The summed E-state index contributed by atoms with van der Waals surface area (Å²) in [5.74, 6) is 3.03. The average molecular weight is 279 g/mol. The van der Waals surface area contributed by atoms with E-state index in [1.54, 1.807) is 0 Å². The third-order valence-electron chi connectivity index (χ3n) is 7.01. The molecule has 3 rings (SSSR count). The quantitative estimate of drug-likeness (QED) is 0.793. The fourth-order valence-electron chi connectivity index (χ4n) is 5.36. The van der Waals surface area contributed by atoms with Crippen molar-refractivity contribution in [1.29, 1.82) is 0 Å². The molecule has 2 nitrogen and oxygen atoms in total. The summed E-state index contributed by atoms with van der Waals surface area (Å²) < 4.78 is 5.93. The van der Waals surface area contributed by atoms with E-state index >= 15 is 0 Å². The first-order chi connectivity index (χ1) is 9.58. The number of nitrogens with one attached hydrogen (secondary N) is 1. The molecule has 20 heavy (non-hydrogen) atoms. The van der Waals surface area contributed by atoms with Crippen LogP contribution in [0, 0.1) is 23.2 Å². The Hall–Kier alpha value is -0.0800. The highest BCUT2D eigenvalue weighted by Gasteiger charge is 2.52. The van der Waals surface area contributed by atoms with Gasteiger partial charge in [-0.2, -0.15) is 0 Å². The molecule has 0 heterocycles. The predicted molar refractivity (Wildman–Crippen MR) is 83.8 cm³/mol. The maximum Gasteiger partial charge on any atom is 0.0658 e. The molecule has 0 aromatic heterocycles. The summed E-state index contributed by atoms with van der Waals surface area (Å²) in [4.78, 5) is 0. The van der Waals surface area contributed by atoms with Crippen molar-refractivity contribution in [3.05, 3.63) is 0 Å². The van der Waals surface area contributed by atoms with Gasteiger partial charge in [-0.25, -0.2) is 0 Å². The Bertz CT molecular complexity index is 344. The number of hydrogen-bond acceptors (Lipinski definition) is 2. The van der Waals surface area contributed by atoms with Crippen molar-refractivity contribution >= 4 is 0 Å². The van der Waals surface area contributed by atoms with Crippen LogP contribution < -0.4 is 5.32 Å². The molecular formula is C18H33NO. The third-order valence-corrected chi connectivity index (χ3v) is 7.01. The second kappa shape index (κ2) is 5.61. The lowest BCUT2D eigenvalue weighted by atomic mass is 9.61. The van der Waals surface area contributed by atoms with Crippen molar-refractivity contribution in [3.63, 3.8) is 0 Å². The molecule has 7 atom stereocenters. The first-order valence-corrected chi connectivity index (χ1v) is 8.96. The van der Waals surface area contributed by atoms with Crippen molar-refractivity contribution in [3.8, 4) is 0 Å². The molecule has 116 valence electrons. The molecule has 3 fully saturated rings. The number of rotatable bonds is 6. The lowest BCUT2D eigenvalue weighted by Crippen LogP contribution is -2.64. The van der Waals surface area contributed by atoms with Crippen molar-refractivity contribution in [1.82, 2.24) is 5.32 Å². The fraction of sp³-hybridized carbons (Fsp3) is 1.00. The van der Waals surface area contributed by atoms with Gasteiger partial charge in [0.2, 0.25) is 0 Å². The molecule has 0 radical (unpaired) electrons. The molecule has 0 spiro atoms. The minimum atomic E-state index is 0.349. The Balaban J connectivity index is 1.55. The van der Waals surface area contributed by atoms with E-state index in [2.05, 4.69) is 33.0 Å². The Morgan fingerprint density at radius 2 is 2.00 bits per heavy atom. The van der Waals surface area contributed by atoms with E-state index in [1.807, 2.05) is 0 Å². The minimum absolute atomic E-state index is 0.349. The second-order valence-corrected chi connectivity index (χ2v) is 7.89. The maximum absolute atomic E-state index is 5.93. The summed E-state index contributed by atoms with van der Waals surface area (Å²) in [6.07, 6.45) is 8.93. The molecule has 0 amide bonds. The second-order valence-electron chi connectivity index (χ2n) is 7.89. The van der Waals surface area contributed by atoms with Gasteiger partial charge in [-0.15, -0.1) is 0 Å². The molecule has 0 aromatic carbocycles. The van der Waals surface area contributed by atoms with Gasteiger partial charge in [0.25, 0.3) is 0 Å². The summed E-state index contributed by atoms with van der Waals surface area (Å²) in [5, 5.41) is 3.99.